The third kappa shape index (κ3) is 5.29. The van der Waals surface area contributed by atoms with Gasteiger partial charge in [0.15, 0.2) is 0 Å². The van der Waals surface area contributed by atoms with Gasteiger partial charge in [-0.1, -0.05) is 173 Å². The monoisotopic (exact) mass is 794 g/mol. The second-order valence-electron chi connectivity index (χ2n) is 18.1. The predicted octanol–water partition coefficient (Wildman–Crippen LogP) is 16.2. The topological polar surface area (TPSA) is 8.17 Å². The maximum absolute atomic E-state index is 2.53. The van der Waals surface area contributed by atoms with Gasteiger partial charge in [0.2, 0.25) is 0 Å². The smallest absolute Gasteiger partial charge is 0.0543 e. The molecule has 2 aliphatic rings. The molecular weight excluding hydrogens is 749 g/mol. The molecule has 296 valence electrons. The molecule has 0 spiro atoms. The van der Waals surface area contributed by atoms with Crippen molar-refractivity contribution in [3.05, 3.63) is 229 Å². The first-order valence-corrected chi connectivity index (χ1v) is 21.9. The van der Waals surface area contributed by atoms with Crippen molar-refractivity contribution in [2.24, 2.45) is 0 Å². The van der Waals surface area contributed by atoms with Crippen LogP contribution >= 0.6 is 0 Å². The lowest BCUT2D eigenvalue weighted by Crippen LogP contribution is -2.16. The minimum absolute atomic E-state index is 0.102. The van der Waals surface area contributed by atoms with Gasteiger partial charge in [0.05, 0.1) is 22.4 Å². The lowest BCUT2D eigenvalue weighted by molar-refractivity contribution is 0.660. The molecule has 12 rings (SSSR count). The Labute approximate surface area is 364 Å². The first-order valence-electron chi connectivity index (χ1n) is 21.9. The van der Waals surface area contributed by atoms with Crippen LogP contribution in [-0.2, 0) is 10.8 Å². The molecule has 0 bridgehead atoms. The molecule has 2 nitrogen and oxygen atoms in total. The molecule has 0 amide bonds. The van der Waals surface area contributed by atoms with Gasteiger partial charge >= 0.3 is 0 Å². The Morgan fingerprint density at radius 2 is 0.935 bits per heavy atom. The van der Waals surface area contributed by atoms with Crippen LogP contribution in [0.5, 0.6) is 0 Å². The fraction of sp³-hybridized carbons (Fsp3) is 0.100. The molecule has 0 N–H and O–H groups in total. The van der Waals surface area contributed by atoms with Gasteiger partial charge in [-0.15, -0.1) is 0 Å². The number of nitrogens with zero attached hydrogens (tertiary/aromatic N) is 2. The Bertz CT molecular complexity index is 3420. The first kappa shape index (κ1) is 36.4. The number of hydrogen-bond acceptors (Lipinski definition) is 1. The van der Waals surface area contributed by atoms with E-state index in [1.807, 2.05) is 0 Å². The summed E-state index contributed by atoms with van der Waals surface area (Å²) in [6.45, 7) is 9.48. The Morgan fingerprint density at radius 3 is 1.77 bits per heavy atom. The zero-order chi connectivity index (χ0) is 41.7. The van der Waals surface area contributed by atoms with Crippen LogP contribution in [0, 0.1) is 0 Å². The summed E-state index contributed by atoms with van der Waals surface area (Å²) in [5.41, 5.74) is 22.3. The van der Waals surface area contributed by atoms with Crippen molar-refractivity contribution >= 4 is 38.9 Å². The minimum atomic E-state index is -0.135. The van der Waals surface area contributed by atoms with Crippen LogP contribution in [0.1, 0.15) is 49.9 Å². The number of anilines is 3. The Kier molecular flexibility index (Phi) is 7.96. The quantitative estimate of drug-likeness (QED) is 0.163. The Balaban J connectivity index is 1.07. The second-order valence-corrected chi connectivity index (χ2v) is 18.1. The molecule has 2 aliphatic carbocycles. The lowest BCUT2D eigenvalue weighted by atomic mass is 9.81. The maximum atomic E-state index is 2.53. The van der Waals surface area contributed by atoms with Crippen LogP contribution < -0.4 is 4.90 Å². The third-order valence-corrected chi connectivity index (χ3v) is 14.0. The number of para-hydroxylation sites is 3. The standard InChI is InChI=1S/C60H46N2/c1-59(2)51-27-13-9-25-48(51)58-52(59)28-17-31-57(58)62(54-29-14-10-22-44(54)41-32-34-46-45-23-8-12-26-50(45)60(3,4)53(46)38-41)43-21-16-18-39(36-43)40-33-35-56-49(37-40)47-24-11-15-30-55(47)61(56)42-19-6-5-7-20-42/h5-38H,1-4H3. The highest BCUT2D eigenvalue weighted by atomic mass is 15.1. The summed E-state index contributed by atoms with van der Waals surface area (Å²) < 4.78 is 2.39. The van der Waals surface area contributed by atoms with Crippen molar-refractivity contribution in [3.63, 3.8) is 0 Å². The van der Waals surface area contributed by atoms with E-state index >= 15 is 0 Å². The normalized spacial score (nSPS) is 14.1. The molecule has 10 aromatic rings. The van der Waals surface area contributed by atoms with Gasteiger partial charge in [-0.2, -0.15) is 0 Å². The van der Waals surface area contributed by atoms with Crippen LogP contribution in [-0.4, -0.2) is 4.57 Å². The molecule has 0 radical (unpaired) electrons. The van der Waals surface area contributed by atoms with E-state index in [9.17, 15) is 0 Å². The number of fused-ring (bicyclic) bond motifs is 9. The zero-order valence-corrected chi connectivity index (χ0v) is 35.5. The average Bonchev–Trinajstić information content (AvgIpc) is 3.86. The number of rotatable bonds is 6. The van der Waals surface area contributed by atoms with Crippen LogP contribution in [0.15, 0.2) is 206 Å². The summed E-state index contributed by atoms with van der Waals surface area (Å²) in [6.07, 6.45) is 0. The van der Waals surface area contributed by atoms with E-state index in [1.165, 1.54) is 99.9 Å². The maximum Gasteiger partial charge on any atom is 0.0543 e. The molecule has 9 aromatic carbocycles. The fourth-order valence-electron chi connectivity index (χ4n) is 10.9. The van der Waals surface area contributed by atoms with E-state index in [0.29, 0.717) is 0 Å². The van der Waals surface area contributed by atoms with E-state index in [1.54, 1.807) is 0 Å². The first-order chi connectivity index (χ1) is 30.3. The molecular formula is C60H46N2. The van der Waals surface area contributed by atoms with Gasteiger partial charge in [-0.3, -0.25) is 0 Å². The number of hydrogen-bond donors (Lipinski definition) is 0. The SMILES string of the molecule is CC1(C)c2ccccc2-c2ccc(-c3ccccc3N(c3cccc(-c4ccc5c(c4)c4ccccc4n5-c4ccccc4)c3)c3cccc4c3-c3ccccc3C4(C)C)cc21. The highest BCUT2D eigenvalue weighted by Gasteiger charge is 2.39. The molecule has 1 heterocycles. The van der Waals surface area contributed by atoms with E-state index in [4.69, 9.17) is 0 Å². The summed E-state index contributed by atoms with van der Waals surface area (Å²) in [6, 6.07) is 76.6. The Morgan fingerprint density at radius 1 is 0.355 bits per heavy atom. The lowest BCUT2D eigenvalue weighted by Gasteiger charge is -2.31. The van der Waals surface area contributed by atoms with Crippen molar-refractivity contribution in [2.45, 2.75) is 38.5 Å². The molecule has 0 aliphatic heterocycles. The van der Waals surface area contributed by atoms with Crippen LogP contribution in [0.4, 0.5) is 17.1 Å². The highest BCUT2D eigenvalue weighted by Crippen LogP contribution is 2.56. The molecule has 2 heteroatoms. The van der Waals surface area contributed by atoms with Gasteiger partial charge < -0.3 is 9.47 Å². The van der Waals surface area contributed by atoms with E-state index in [2.05, 4.69) is 243 Å². The van der Waals surface area contributed by atoms with Gasteiger partial charge in [0.1, 0.15) is 0 Å². The summed E-state index contributed by atoms with van der Waals surface area (Å²) in [5.74, 6) is 0. The van der Waals surface area contributed by atoms with Gasteiger partial charge in [0.25, 0.3) is 0 Å². The highest BCUT2D eigenvalue weighted by molar-refractivity contribution is 6.10. The van der Waals surface area contributed by atoms with Gasteiger partial charge in [0, 0.05) is 44.1 Å². The van der Waals surface area contributed by atoms with Crippen molar-refractivity contribution < 1.29 is 0 Å². The minimum Gasteiger partial charge on any atom is -0.309 e. The average molecular weight is 795 g/mol. The van der Waals surface area contributed by atoms with Crippen LogP contribution in [0.2, 0.25) is 0 Å². The third-order valence-electron chi connectivity index (χ3n) is 14.0. The fourth-order valence-corrected chi connectivity index (χ4v) is 10.9. The molecule has 1 aromatic heterocycles. The van der Waals surface area contributed by atoms with Crippen LogP contribution in [0.25, 0.3) is 72.0 Å². The van der Waals surface area contributed by atoms with Gasteiger partial charge in [-0.25, -0.2) is 0 Å². The summed E-state index contributed by atoms with van der Waals surface area (Å²) >= 11 is 0. The second kappa shape index (κ2) is 13.5. The summed E-state index contributed by atoms with van der Waals surface area (Å²) in [7, 11) is 0. The van der Waals surface area contributed by atoms with Crippen molar-refractivity contribution in [3.8, 4) is 50.2 Å². The zero-order valence-electron chi connectivity index (χ0n) is 35.5. The van der Waals surface area contributed by atoms with E-state index in [-0.39, 0.29) is 10.8 Å². The van der Waals surface area contributed by atoms with Crippen molar-refractivity contribution in [1.29, 1.82) is 0 Å². The molecule has 0 saturated carbocycles. The molecule has 0 saturated heterocycles. The largest absolute Gasteiger partial charge is 0.309 e. The summed E-state index contributed by atoms with van der Waals surface area (Å²) in [5, 5.41) is 2.50. The number of aromatic nitrogens is 1. The Hall–Kier alpha value is -7.42. The number of benzene rings is 9. The van der Waals surface area contributed by atoms with Gasteiger partial charge in [-0.05, 0) is 116 Å². The van der Waals surface area contributed by atoms with Crippen LogP contribution in [0.3, 0.4) is 0 Å². The molecule has 62 heavy (non-hydrogen) atoms. The van der Waals surface area contributed by atoms with Crippen molar-refractivity contribution in [1.82, 2.24) is 4.57 Å². The van der Waals surface area contributed by atoms with E-state index in [0.717, 1.165) is 11.4 Å². The molecule has 0 atom stereocenters. The van der Waals surface area contributed by atoms with E-state index < -0.39 is 0 Å². The van der Waals surface area contributed by atoms with Crippen molar-refractivity contribution in [2.75, 3.05) is 4.90 Å². The summed E-state index contributed by atoms with van der Waals surface area (Å²) in [4.78, 5) is 2.53. The predicted molar refractivity (Wildman–Crippen MR) is 261 cm³/mol. The molecule has 0 unspecified atom stereocenters. The molecule has 0 fully saturated rings.